The standard InChI is InChI=1S/C19H18N4O3/c24-19(22-15-5-1-2-6-15)26-16-7-3-4-13(10-16)17-11-14(8-9-20-17)18-23-21-12-25-18/h3-4,7-12,15H,1-2,5-6H2,(H,22,24). The molecule has 1 aliphatic carbocycles. The van der Waals surface area contributed by atoms with E-state index in [0.29, 0.717) is 11.6 Å². The second-order valence-electron chi connectivity index (χ2n) is 6.22. The molecule has 0 aliphatic heterocycles. The highest BCUT2D eigenvalue weighted by atomic mass is 16.6. The van der Waals surface area contributed by atoms with Gasteiger partial charge in [-0.3, -0.25) is 4.98 Å². The van der Waals surface area contributed by atoms with Gasteiger partial charge in [0.1, 0.15) is 5.75 Å². The zero-order chi connectivity index (χ0) is 17.8. The smallest absolute Gasteiger partial charge is 0.412 e. The van der Waals surface area contributed by atoms with Gasteiger partial charge in [0.2, 0.25) is 12.3 Å². The summed E-state index contributed by atoms with van der Waals surface area (Å²) in [6, 6.07) is 11.1. The largest absolute Gasteiger partial charge is 0.423 e. The quantitative estimate of drug-likeness (QED) is 0.769. The molecule has 0 unspecified atom stereocenters. The van der Waals surface area contributed by atoms with Gasteiger partial charge in [-0.1, -0.05) is 25.0 Å². The van der Waals surface area contributed by atoms with E-state index >= 15 is 0 Å². The number of pyridine rings is 1. The van der Waals surface area contributed by atoms with E-state index in [1.807, 2.05) is 18.2 Å². The second-order valence-corrected chi connectivity index (χ2v) is 6.22. The Bertz CT molecular complexity index is 889. The lowest BCUT2D eigenvalue weighted by atomic mass is 10.1. The summed E-state index contributed by atoms with van der Waals surface area (Å²) in [6.45, 7) is 0. The minimum atomic E-state index is -0.415. The van der Waals surface area contributed by atoms with Crippen molar-refractivity contribution >= 4 is 6.09 Å². The number of benzene rings is 1. The van der Waals surface area contributed by atoms with Crippen LogP contribution in [0.25, 0.3) is 22.7 Å². The van der Waals surface area contributed by atoms with Crippen molar-refractivity contribution in [2.75, 3.05) is 0 Å². The molecule has 0 saturated heterocycles. The molecule has 0 atom stereocenters. The Morgan fingerprint density at radius 3 is 2.85 bits per heavy atom. The summed E-state index contributed by atoms with van der Waals surface area (Å²) in [5.41, 5.74) is 2.33. The van der Waals surface area contributed by atoms with Gasteiger partial charge in [-0.2, -0.15) is 0 Å². The average Bonchev–Trinajstić information content (AvgIpc) is 3.36. The van der Waals surface area contributed by atoms with E-state index in [-0.39, 0.29) is 6.04 Å². The van der Waals surface area contributed by atoms with Gasteiger partial charge in [0.15, 0.2) is 0 Å². The van der Waals surface area contributed by atoms with E-state index in [9.17, 15) is 4.79 Å². The summed E-state index contributed by atoms with van der Waals surface area (Å²) in [4.78, 5) is 16.4. The zero-order valence-electron chi connectivity index (χ0n) is 14.1. The lowest BCUT2D eigenvalue weighted by Gasteiger charge is -2.12. The van der Waals surface area contributed by atoms with Gasteiger partial charge >= 0.3 is 6.09 Å². The molecule has 1 aromatic carbocycles. The maximum absolute atomic E-state index is 12.0. The first-order chi connectivity index (χ1) is 12.8. The van der Waals surface area contributed by atoms with Crippen LogP contribution in [0.15, 0.2) is 53.4 Å². The van der Waals surface area contributed by atoms with E-state index in [2.05, 4.69) is 20.5 Å². The molecule has 2 aromatic heterocycles. The molecule has 1 fully saturated rings. The van der Waals surface area contributed by atoms with Crippen molar-refractivity contribution in [3.63, 3.8) is 0 Å². The molecule has 26 heavy (non-hydrogen) atoms. The van der Waals surface area contributed by atoms with Crippen LogP contribution in [0.2, 0.25) is 0 Å². The third kappa shape index (κ3) is 3.72. The lowest BCUT2D eigenvalue weighted by Crippen LogP contribution is -2.34. The van der Waals surface area contributed by atoms with Crippen molar-refractivity contribution in [3.8, 4) is 28.5 Å². The number of nitrogens with zero attached hydrogens (tertiary/aromatic N) is 3. The number of nitrogens with one attached hydrogen (secondary N) is 1. The van der Waals surface area contributed by atoms with Gasteiger partial charge in [-0.05, 0) is 37.1 Å². The molecule has 0 radical (unpaired) electrons. The maximum Gasteiger partial charge on any atom is 0.412 e. The SMILES string of the molecule is O=C(NC1CCCC1)Oc1cccc(-c2cc(-c3nnco3)ccn2)c1. The molecule has 1 saturated carbocycles. The van der Waals surface area contributed by atoms with Crippen LogP contribution >= 0.6 is 0 Å². The van der Waals surface area contributed by atoms with Crippen molar-refractivity contribution in [1.82, 2.24) is 20.5 Å². The van der Waals surface area contributed by atoms with E-state index in [4.69, 9.17) is 9.15 Å². The molecule has 3 aromatic rings. The molecule has 0 bridgehead atoms. The van der Waals surface area contributed by atoms with Crippen LogP contribution < -0.4 is 10.1 Å². The first-order valence-electron chi connectivity index (χ1n) is 8.59. The number of aromatic nitrogens is 3. The number of hydrogen-bond donors (Lipinski definition) is 1. The molecule has 7 heteroatoms. The highest BCUT2D eigenvalue weighted by molar-refractivity contribution is 5.72. The van der Waals surface area contributed by atoms with Gasteiger partial charge in [0.25, 0.3) is 0 Å². The monoisotopic (exact) mass is 350 g/mol. The summed E-state index contributed by atoms with van der Waals surface area (Å²) in [7, 11) is 0. The molecular formula is C19H18N4O3. The maximum atomic E-state index is 12.0. The van der Waals surface area contributed by atoms with Crippen LogP contribution in [-0.2, 0) is 0 Å². The molecular weight excluding hydrogens is 332 g/mol. The summed E-state index contributed by atoms with van der Waals surface area (Å²) in [6.07, 6.45) is 6.89. The predicted octanol–water partition coefficient (Wildman–Crippen LogP) is 3.83. The molecule has 132 valence electrons. The third-order valence-electron chi connectivity index (χ3n) is 4.38. The predicted molar refractivity (Wildman–Crippen MR) is 94.4 cm³/mol. The fourth-order valence-electron chi connectivity index (χ4n) is 3.11. The molecule has 2 heterocycles. The van der Waals surface area contributed by atoms with Crippen molar-refractivity contribution in [2.45, 2.75) is 31.7 Å². The Balaban J connectivity index is 1.50. The number of rotatable bonds is 4. The van der Waals surface area contributed by atoms with Gasteiger partial charge in [-0.15, -0.1) is 10.2 Å². The lowest BCUT2D eigenvalue weighted by molar-refractivity contribution is 0.196. The summed E-state index contributed by atoms with van der Waals surface area (Å²) in [5, 5.41) is 10.5. The molecule has 4 rings (SSSR count). The molecule has 1 aliphatic rings. The minimum Gasteiger partial charge on any atom is -0.423 e. The van der Waals surface area contributed by atoms with E-state index in [1.54, 1.807) is 24.4 Å². The Hall–Kier alpha value is -3.22. The average molecular weight is 350 g/mol. The van der Waals surface area contributed by atoms with Crippen LogP contribution in [-0.4, -0.2) is 27.3 Å². The molecule has 1 amide bonds. The van der Waals surface area contributed by atoms with E-state index in [0.717, 1.165) is 42.5 Å². The van der Waals surface area contributed by atoms with E-state index in [1.165, 1.54) is 6.39 Å². The first kappa shape index (κ1) is 16.3. The number of hydrogen-bond acceptors (Lipinski definition) is 6. The van der Waals surface area contributed by atoms with Crippen LogP contribution in [0, 0.1) is 0 Å². The highest BCUT2D eigenvalue weighted by Gasteiger charge is 2.18. The van der Waals surface area contributed by atoms with Crippen molar-refractivity contribution in [2.24, 2.45) is 0 Å². The van der Waals surface area contributed by atoms with Crippen molar-refractivity contribution in [3.05, 3.63) is 49.0 Å². The summed E-state index contributed by atoms with van der Waals surface area (Å²) in [5.74, 6) is 0.903. The summed E-state index contributed by atoms with van der Waals surface area (Å²) >= 11 is 0. The number of carbonyl (C=O) groups excluding carboxylic acids is 1. The van der Waals surface area contributed by atoms with Gasteiger partial charge in [0, 0.05) is 23.4 Å². The second kappa shape index (κ2) is 7.35. The van der Waals surface area contributed by atoms with Gasteiger partial charge in [0.05, 0.1) is 5.69 Å². The Morgan fingerprint density at radius 1 is 1.15 bits per heavy atom. The molecule has 1 N–H and O–H groups in total. The third-order valence-corrected chi connectivity index (χ3v) is 4.38. The normalized spacial score (nSPS) is 14.3. The van der Waals surface area contributed by atoms with Crippen LogP contribution in [0.3, 0.4) is 0 Å². The van der Waals surface area contributed by atoms with Crippen molar-refractivity contribution < 1.29 is 13.9 Å². The Labute approximate surface area is 150 Å². The zero-order valence-corrected chi connectivity index (χ0v) is 14.1. The first-order valence-corrected chi connectivity index (χ1v) is 8.59. The Kier molecular flexibility index (Phi) is 4.59. The van der Waals surface area contributed by atoms with Gasteiger partial charge in [-0.25, -0.2) is 4.79 Å². The molecule has 7 nitrogen and oxygen atoms in total. The van der Waals surface area contributed by atoms with Gasteiger partial charge < -0.3 is 14.5 Å². The Morgan fingerprint density at radius 2 is 2.04 bits per heavy atom. The van der Waals surface area contributed by atoms with Crippen molar-refractivity contribution in [1.29, 1.82) is 0 Å². The van der Waals surface area contributed by atoms with E-state index < -0.39 is 6.09 Å². The highest BCUT2D eigenvalue weighted by Crippen LogP contribution is 2.26. The number of amides is 1. The number of carbonyl (C=O) groups is 1. The fourth-order valence-corrected chi connectivity index (χ4v) is 3.11. The fraction of sp³-hybridized carbons (Fsp3) is 0.263. The number of ether oxygens (including phenoxy) is 1. The van der Waals surface area contributed by atoms with Crippen LogP contribution in [0.4, 0.5) is 4.79 Å². The molecule has 0 spiro atoms. The van der Waals surface area contributed by atoms with Crippen LogP contribution in [0.5, 0.6) is 5.75 Å². The topological polar surface area (TPSA) is 90.1 Å². The minimum absolute atomic E-state index is 0.221. The summed E-state index contributed by atoms with van der Waals surface area (Å²) < 4.78 is 10.6. The van der Waals surface area contributed by atoms with Crippen LogP contribution in [0.1, 0.15) is 25.7 Å².